The van der Waals surface area contributed by atoms with Crippen LogP contribution in [0.15, 0.2) is 0 Å². The van der Waals surface area contributed by atoms with Gasteiger partial charge in [0.15, 0.2) is 6.61 Å². The highest BCUT2D eigenvalue weighted by atomic mass is 16.6. The fourth-order valence-corrected chi connectivity index (χ4v) is 1.00. The van der Waals surface area contributed by atoms with Crippen LogP contribution < -0.4 is 0 Å². The number of carbonyl (C=O) groups excluding carboxylic acids is 2. The number of amides is 2. The van der Waals surface area contributed by atoms with E-state index in [0.717, 1.165) is 4.90 Å². The molecule has 0 aromatic heterocycles. The van der Waals surface area contributed by atoms with Crippen LogP contribution >= 0.6 is 0 Å². The van der Waals surface area contributed by atoms with E-state index in [1.807, 2.05) is 0 Å². The normalized spacial score (nSPS) is 19.0. The molecule has 4 heteroatoms. The second-order valence-electron chi connectivity index (χ2n) is 3.45. The molecule has 0 aliphatic carbocycles. The summed E-state index contributed by atoms with van der Waals surface area (Å²) in [6.45, 7) is 5.25. The summed E-state index contributed by atoms with van der Waals surface area (Å²) >= 11 is 0. The molecule has 1 aliphatic rings. The molecule has 1 rings (SSSR count). The van der Waals surface area contributed by atoms with Gasteiger partial charge in [0.2, 0.25) is 0 Å². The zero-order valence-corrected chi connectivity index (χ0v) is 6.88. The van der Waals surface area contributed by atoms with Crippen molar-refractivity contribution in [3.8, 4) is 0 Å². The summed E-state index contributed by atoms with van der Waals surface area (Å²) in [7, 11) is 0. The topological polar surface area (TPSA) is 46.6 Å². The summed E-state index contributed by atoms with van der Waals surface area (Å²) in [5.74, 6) is -0.262. The molecule has 4 nitrogen and oxygen atoms in total. The summed E-state index contributed by atoms with van der Waals surface area (Å²) in [5, 5.41) is 0. The van der Waals surface area contributed by atoms with Gasteiger partial charge in [0.25, 0.3) is 5.91 Å². The zero-order valence-electron chi connectivity index (χ0n) is 6.88. The minimum atomic E-state index is -0.539. The summed E-state index contributed by atoms with van der Waals surface area (Å²) in [6, 6.07) is 0. The standard InChI is InChI=1S/C7H11NO3/c1-7(2,3)8-5(9)4-11-6(8)10/h4H2,1-3H3. The number of rotatable bonds is 0. The van der Waals surface area contributed by atoms with Crippen LogP contribution in [-0.2, 0) is 9.53 Å². The molecule has 1 aliphatic heterocycles. The van der Waals surface area contributed by atoms with E-state index in [-0.39, 0.29) is 12.5 Å². The van der Waals surface area contributed by atoms with Crippen LogP contribution in [0.2, 0.25) is 0 Å². The summed E-state index contributed by atoms with van der Waals surface area (Å²) in [5.41, 5.74) is -0.468. The number of hydrogen-bond donors (Lipinski definition) is 0. The fraction of sp³-hybridized carbons (Fsp3) is 0.714. The zero-order chi connectivity index (χ0) is 8.65. The van der Waals surface area contributed by atoms with Crippen molar-refractivity contribution < 1.29 is 14.3 Å². The van der Waals surface area contributed by atoms with Gasteiger partial charge < -0.3 is 4.74 Å². The molecule has 0 N–H and O–H groups in total. The number of carbonyl (C=O) groups is 2. The summed E-state index contributed by atoms with van der Waals surface area (Å²) in [4.78, 5) is 23.1. The Balaban J connectivity index is 2.85. The van der Waals surface area contributed by atoms with Gasteiger partial charge in [0.1, 0.15) is 0 Å². The molecular formula is C7H11NO3. The minimum absolute atomic E-state index is 0.115. The Hall–Kier alpha value is -1.06. The van der Waals surface area contributed by atoms with Gasteiger partial charge in [0.05, 0.1) is 0 Å². The maximum atomic E-state index is 11.0. The molecule has 2 amide bonds. The molecule has 62 valence electrons. The largest absolute Gasteiger partial charge is 0.439 e. The van der Waals surface area contributed by atoms with Crippen molar-refractivity contribution in [3.05, 3.63) is 0 Å². The van der Waals surface area contributed by atoms with Crippen molar-refractivity contribution in [3.63, 3.8) is 0 Å². The monoisotopic (exact) mass is 157 g/mol. The van der Waals surface area contributed by atoms with Gasteiger partial charge in [-0.15, -0.1) is 0 Å². The summed E-state index contributed by atoms with van der Waals surface area (Å²) in [6.07, 6.45) is -0.539. The number of ether oxygens (including phenoxy) is 1. The number of imide groups is 1. The van der Waals surface area contributed by atoms with E-state index in [9.17, 15) is 9.59 Å². The van der Waals surface area contributed by atoms with Crippen LogP contribution in [0.5, 0.6) is 0 Å². The second kappa shape index (κ2) is 2.22. The molecule has 0 bridgehead atoms. The third-order valence-corrected chi connectivity index (χ3v) is 1.42. The first-order chi connectivity index (χ1) is 4.93. The molecule has 11 heavy (non-hydrogen) atoms. The molecule has 0 aromatic carbocycles. The van der Waals surface area contributed by atoms with E-state index >= 15 is 0 Å². The number of hydrogen-bond acceptors (Lipinski definition) is 3. The van der Waals surface area contributed by atoms with Crippen LogP contribution in [0.1, 0.15) is 20.8 Å². The molecule has 0 radical (unpaired) electrons. The molecular weight excluding hydrogens is 146 g/mol. The maximum absolute atomic E-state index is 11.0. The Morgan fingerprint density at radius 2 is 1.91 bits per heavy atom. The maximum Gasteiger partial charge on any atom is 0.417 e. The lowest BCUT2D eigenvalue weighted by atomic mass is 10.1. The number of nitrogens with zero attached hydrogens (tertiary/aromatic N) is 1. The molecule has 0 spiro atoms. The van der Waals surface area contributed by atoms with Crippen molar-refractivity contribution >= 4 is 12.0 Å². The van der Waals surface area contributed by atoms with Gasteiger partial charge >= 0.3 is 6.09 Å². The van der Waals surface area contributed by atoms with E-state index in [1.54, 1.807) is 20.8 Å². The third-order valence-electron chi connectivity index (χ3n) is 1.42. The lowest BCUT2D eigenvalue weighted by Crippen LogP contribution is -2.44. The van der Waals surface area contributed by atoms with Gasteiger partial charge in [-0.1, -0.05) is 0 Å². The van der Waals surface area contributed by atoms with Gasteiger partial charge in [-0.25, -0.2) is 9.69 Å². The minimum Gasteiger partial charge on any atom is -0.439 e. The Labute approximate surface area is 65.1 Å². The van der Waals surface area contributed by atoms with E-state index in [2.05, 4.69) is 4.74 Å². The molecule has 0 saturated carbocycles. The highest BCUT2D eigenvalue weighted by Crippen LogP contribution is 2.18. The highest BCUT2D eigenvalue weighted by molar-refractivity contribution is 5.98. The predicted octanol–water partition coefficient (Wildman–Crippen LogP) is 0.764. The lowest BCUT2D eigenvalue weighted by molar-refractivity contribution is -0.128. The predicted molar refractivity (Wildman–Crippen MR) is 37.9 cm³/mol. The van der Waals surface area contributed by atoms with Crippen LogP contribution in [0.25, 0.3) is 0 Å². The quantitative estimate of drug-likeness (QED) is 0.521. The Morgan fingerprint density at radius 1 is 1.36 bits per heavy atom. The van der Waals surface area contributed by atoms with Gasteiger partial charge in [-0.05, 0) is 20.8 Å². The van der Waals surface area contributed by atoms with Crippen molar-refractivity contribution in [1.82, 2.24) is 4.90 Å². The Morgan fingerprint density at radius 3 is 2.09 bits per heavy atom. The molecule has 1 heterocycles. The summed E-state index contributed by atoms with van der Waals surface area (Å²) < 4.78 is 4.54. The molecule has 0 unspecified atom stereocenters. The highest BCUT2D eigenvalue weighted by Gasteiger charge is 2.39. The Bertz CT molecular complexity index is 188. The van der Waals surface area contributed by atoms with Crippen molar-refractivity contribution in [2.75, 3.05) is 6.61 Å². The first kappa shape index (κ1) is 8.04. The number of cyclic esters (lactones) is 1. The van der Waals surface area contributed by atoms with Crippen LogP contribution in [0.4, 0.5) is 4.79 Å². The van der Waals surface area contributed by atoms with E-state index < -0.39 is 11.6 Å². The van der Waals surface area contributed by atoms with Crippen LogP contribution in [0, 0.1) is 0 Å². The third kappa shape index (κ3) is 1.34. The van der Waals surface area contributed by atoms with Gasteiger partial charge in [-0.3, -0.25) is 4.79 Å². The Kier molecular flexibility index (Phi) is 1.62. The fourth-order valence-electron chi connectivity index (χ4n) is 1.00. The SMILES string of the molecule is CC(C)(C)N1C(=O)COC1=O. The van der Waals surface area contributed by atoms with Crippen molar-refractivity contribution in [2.45, 2.75) is 26.3 Å². The second-order valence-corrected chi connectivity index (χ2v) is 3.45. The van der Waals surface area contributed by atoms with E-state index in [4.69, 9.17) is 0 Å². The average molecular weight is 157 g/mol. The average Bonchev–Trinajstić information content (AvgIpc) is 2.08. The van der Waals surface area contributed by atoms with Crippen LogP contribution in [-0.4, -0.2) is 29.0 Å². The lowest BCUT2D eigenvalue weighted by Gasteiger charge is -2.26. The first-order valence-corrected chi connectivity index (χ1v) is 3.43. The van der Waals surface area contributed by atoms with Gasteiger partial charge in [-0.2, -0.15) is 0 Å². The van der Waals surface area contributed by atoms with E-state index in [1.165, 1.54) is 0 Å². The first-order valence-electron chi connectivity index (χ1n) is 3.43. The molecule has 1 fully saturated rings. The smallest absolute Gasteiger partial charge is 0.417 e. The van der Waals surface area contributed by atoms with Crippen molar-refractivity contribution in [2.24, 2.45) is 0 Å². The van der Waals surface area contributed by atoms with E-state index in [0.29, 0.717) is 0 Å². The van der Waals surface area contributed by atoms with Crippen LogP contribution in [0.3, 0.4) is 0 Å². The molecule has 0 aromatic rings. The van der Waals surface area contributed by atoms with Gasteiger partial charge in [0, 0.05) is 5.54 Å². The van der Waals surface area contributed by atoms with Crippen molar-refractivity contribution in [1.29, 1.82) is 0 Å². The molecule has 0 atom stereocenters. The molecule has 1 saturated heterocycles.